The summed E-state index contributed by atoms with van der Waals surface area (Å²) in [5.74, 6) is -0.516. The lowest BCUT2D eigenvalue weighted by molar-refractivity contribution is -0.114. The van der Waals surface area contributed by atoms with E-state index < -0.39 is 22.5 Å². The zero-order valence-corrected chi connectivity index (χ0v) is 18.8. The molecular weight excluding hydrogens is 499 g/mol. The van der Waals surface area contributed by atoms with Crippen molar-refractivity contribution in [3.63, 3.8) is 0 Å². The van der Waals surface area contributed by atoms with Crippen LogP contribution >= 0.6 is 39.1 Å². The van der Waals surface area contributed by atoms with E-state index in [4.69, 9.17) is 23.2 Å². The molecule has 0 aliphatic rings. The second-order valence-corrected chi connectivity index (χ2v) is 9.54. The minimum absolute atomic E-state index is 0.0782. The number of nitrogens with zero attached hydrogens (tertiary/aromatic N) is 1. The van der Waals surface area contributed by atoms with Crippen LogP contribution in [0.25, 0.3) is 0 Å². The highest BCUT2D eigenvalue weighted by atomic mass is 79.9. The Morgan fingerprint density at radius 3 is 2.24 bits per heavy atom. The fraction of sp³-hybridized carbons (Fsp3) is 0.0500. The summed E-state index contributed by atoms with van der Waals surface area (Å²) >= 11 is 15.3. The van der Waals surface area contributed by atoms with Crippen molar-refractivity contribution >= 4 is 66.4 Å². The molecule has 3 aromatic rings. The second kappa shape index (κ2) is 9.17. The quantitative estimate of drug-likeness (QED) is 0.467. The van der Waals surface area contributed by atoms with Gasteiger partial charge in [0.1, 0.15) is 6.54 Å². The number of rotatable bonds is 6. The lowest BCUT2D eigenvalue weighted by Gasteiger charge is -2.24. The van der Waals surface area contributed by atoms with Crippen LogP contribution in [0.3, 0.4) is 0 Å². The van der Waals surface area contributed by atoms with E-state index in [0.29, 0.717) is 25.9 Å². The Kier molecular flexibility index (Phi) is 6.85. The molecule has 0 aliphatic carbocycles. The number of hydrogen-bond acceptors (Lipinski definition) is 3. The van der Waals surface area contributed by atoms with Crippen molar-refractivity contribution in [1.29, 1.82) is 0 Å². The first-order valence-electron chi connectivity index (χ1n) is 8.35. The van der Waals surface area contributed by atoms with Gasteiger partial charge in [0.2, 0.25) is 5.91 Å². The molecule has 0 saturated carbocycles. The largest absolute Gasteiger partial charge is 0.324 e. The van der Waals surface area contributed by atoms with Crippen LogP contribution in [0.15, 0.2) is 82.2 Å². The van der Waals surface area contributed by atoms with E-state index in [1.54, 1.807) is 60.7 Å². The Hall–Kier alpha value is -2.06. The molecule has 0 unspecified atom stereocenters. The number of hydrogen-bond donors (Lipinski definition) is 1. The first-order chi connectivity index (χ1) is 13.8. The van der Waals surface area contributed by atoms with E-state index in [2.05, 4.69) is 21.2 Å². The van der Waals surface area contributed by atoms with E-state index in [1.165, 1.54) is 12.1 Å². The Bertz CT molecular complexity index is 1120. The first-order valence-corrected chi connectivity index (χ1v) is 11.3. The molecule has 1 amide bonds. The normalized spacial score (nSPS) is 11.1. The van der Waals surface area contributed by atoms with Crippen molar-refractivity contribution in [1.82, 2.24) is 0 Å². The van der Waals surface area contributed by atoms with E-state index in [1.807, 2.05) is 0 Å². The van der Waals surface area contributed by atoms with E-state index >= 15 is 0 Å². The SMILES string of the molecule is O=C(CN(c1ccc(Cl)cc1)S(=O)(=O)c1ccccc1)Nc1ccc(Br)c(Cl)c1. The van der Waals surface area contributed by atoms with Gasteiger partial charge >= 0.3 is 0 Å². The molecule has 0 heterocycles. The van der Waals surface area contributed by atoms with E-state index in [-0.39, 0.29) is 4.90 Å². The van der Waals surface area contributed by atoms with Gasteiger partial charge in [0.25, 0.3) is 10.0 Å². The fourth-order valence-electron chi connectivity index (χ4n) is 2.55. The molecule has 0 radical (unpaired) electrons. The summed E-state index contributed by atoms with van der Waals surface area (Å²) in [6.45, 7) is -0.424. The predicted octanol–water partition coefficient (Wildman–Crippen LogP) is 5.59. The van der Waals surface area contributed by atoms with Crippen LogP contribution in [0.4, 0.5) is 11.4 Å². The van der Waals surface area contributed by atoms with Gasteiger partial charge in [-0.1, -0.05) is 41.4 Å². The van der Waals surface area contributed by atoms with Crippen molar-refractivity contribution in [2.75, 3.05) is 16.2 Å². The second-order valence-electron chi connectivity index (χ2n) is 5.98. The Morgan fingerprint density at radius 1 is 0.966 bits per heavy atom. The van der Waals surface area contributed by atoms with Gasteiger partial charge in [0.15, 0.2) is 0 Å². The maximum absolute atomic E-state index is 13.2. The molecular formula is C20H15BrCl2N2O3S. The van der Waals surface area contributed by atoms with Gasteiger partial charge in [-0.05, 0) is 70.5 Å². The van der Waals surface area contributed by atoms with E-state index in [0.717, 1.165) is 4.31 Å². The topological polar surface area (TPSA) is 66.5 Å². The smallest absolute Gasteiger partial charge is 0.264 e. The lowest BCUT2D eigenvalue weighted by atomic mass is 10.3. The molecule has 9 heteroatoms. The molecule has 0 bridgehead atoms. The number of sulfonamides is 1. The average Bonchev–Trinajstić information content (AvgIpc) is 2.70. The third-order valence-corrected chi connectivity index (χ3v) is 7.21. The summed E-state index contributed by atoms with van der Waals surface area (Å²) in [5.41, 5.74) is 0.776. The number of amides is 1. The number of anilines is 2. The zero-order valence-electron chi connectivity index (χ0n) is 14.8. The molecule has 3 aromatic carbocycles. The van der Waals surface area contributed by atoms with Crippen LogP contribution in [-0.2, 0) is 14.8 Å². The average molecular weight is 514 g/mol. The molecule has 1 N–H and O–H groups in total. The summed E-state index contributed by atoms with van der Waals surface area (Å²) in [6, 6.07) is 19.1. The Labute approximate surface area is 187 Å². The van der Waals surface area contributed by atoms with Crippen molar-refractivity contribution in [2.24, 2.45) is 0 Å². The molecule has 29 heavy (non-hydrogen) atoms. The standard InChI is InChI=1S/C20H15BrCl2N2O3S/c21-18-11-8-15(12-19(18)23)24-20(26)13-25(16-9-6-14(22)7-10-16)29(27,28)17-4-2-1-3-5-17/h1-12H,13H2,(H,24,26). The molecule has 150 valence electrons. The van der Waals surface area contributed by atoms with Crippen molar-refractivity contribution in [2.45, 2.75) is 4.90 Å². The van der Waals surface area contributed by atoms with Crippen LogP contribution < -0.4 is 9.62 Å². The Balaban J connectivity index is 1.92. The maximum Gasteiger partial charge on any atom is 0.264 e. The van der Waals surface area contributed by atoms with Gasteiger partial charge in [-0.3, -0.25) is 9.10 Å². The summed E-state index contributed by atoms with van der Waals surface area (Å²) in [7, 11) is -3.97. The maximum atomic E-state index is 13.2. The number of benzene rings is 3. The molecule has 0 fully saturated rings. The summed E-state index contributed by atoms with van der Waals surface area (Å²) in [4.78, 5) is 12.7. The minimum Gasteiger partial charge on any atom is -0.324 e. The monoisotopic (exact) mass is 512 g/mol. The number of carbonyl (C=O) groups excluding carboxylic acids is 1. The molecule has 5 nitrogen and oxygen atoms in total. The molecule has 0 aliphatic heterocycles. The van der Waals surface area contributed by atoms with Gasteiger partial charge in [0, 0.05) is 15.2 Å². The van der Waals surface area contributed by atoms with Gasteiger partial charge in [-0.15, -0.1) is 0 Å². The number of nitrogens with one attached hydrogen (secondary N) is 1. The summed E-state index contributed by atoms with van der Waals surface area (Å²) < 4.78 is 28.1. The van der Waals surface area contributed by atoms with Crippen LogP contribution in [-0.4, -0.2) is 20.9 Å². The fourth-order valence-corrected chi connectivity index (χ4v) is 4.54. The minimum atomic E-state index is -3.97. The Morgan fingerprint density at radius 2 is 1.62 bits per heavy atom. The molecule has 3 rings (SSSR count). The highest BCUT2D eigenvalue weighted by Crippen LogP contribution is 2.27. The molecule has 0 atom stereocenters. The van der Waals surface area contributed by atoms with Crippen LogP contribution in [0.1, 0.15) is 0 Å². The van der Waals surface area contributed by atoms with Gasteiger partial charge in [-0.25, -0.2) is 8.42 Å². The zero-order chi connectivity index (χ0) is 21.0. The highest BCUT2D eigenvalue weighted by molar-refractivity contribution is 9.10. The molecule has 0 saturated heterocycles. The van der Waals surface area contributed by atoms with Gasteiger partial charge < -0.3 is 5.32 Å². The van der Waals surface area contributed by atoms with Crippen LogP contribution in [0.5, 0.6) is 0 Å². The van der Waals surface area contributed by atoms with Gasteiger partial charge in [-0.2, -0.15) is 0 Å². The van der Waals surface area contributed by atoms with Crippen molar-refractivity contribution in [3.8, 4) is 0 Å². The number of carbonyl (C=O) groups is 1. The third kappa shape index (κ3) is 5.30. The molecule has 0 aromatic heterocycles. The summed E-state index contributed by atoms with van der Waals surface area (Å²) in [6.07, 6.45) is 0. The van der Waals surface area contributed by atoms with Crippen LogP contribution in [0.2, 0.25) is 10.0 Å². The molecule has 0 spiro atoms. The number of halogens is 3. The third-order valence-electron chi connectivity index (χ3n) is 3.94. The van der Waals surface area contributed by atoms with E-state index in [9.17, 15) is 13.2 Å². The van der Waals surface area contributed by atoms with Gasteiger partial charge in [0.05, 0.1) is 15.6 Å². The van der Waals surface area contributed by atoms with Crippen molar-refractivity contribution in [3.05, 3.63) is 87.3 Å². The predicted molar refractivity (Wildman–Crippen MR) is 120 cm³/mol. The lowest BCUT2D eigenvalue weighted by Crippen LogP contribution is -2.38. The van der Waals surface area contributed by atoms with Crippen molar-refractivity contribution < 1.29 is 13.2 Å². The summed E-state index contributed by atoms with van der Waals surface area (Å²) in [5, 5.41) is 3.55. The highest BCUT2D eigenvalue weighted by Gasteiger charge is 2.27. The first kappa shape index (κ1) is 21.6. The van der Waals surface area contributed by atoms with Crippen LogP contribution in [0, 0.1) is 0 Å².